The van der Waals surface area contributed by atoms with Crippen LogP contribution in [-0.2, 0) is 17.8 Å². The van der Waals surface area contributed by atoms with Gasteiger partial charge in [-0.2, -0.15) is 5.26 Å². The van der Waals surface area contributed by atoms with Crippen LogP contribution in [0.1, 0.15) is 22.3 Å². The maximum absolute atomic E-state index is 10.7. The number of carboxylic acid groups (broad SMARTS) is 1. The van der Waals surface area contributed by atoms with Gasteiger partial charge in [-0.05, 0) is 47.9 Å². The Bertz CT molecular complexity index is 701. The van der Waals surface area contributed by atoms with Crippen LogP contribution in [0.4, 0.5) is 0 Å². The highest BCUT2D eigenvalue weighted by Crippen LogP contribution is 2.17. The van der Waals surface area contributed by atoms with E-state index in [0.29, 0.717) is 23.5 Å². The number of carboxylic acids is 1. The number of carbonyl (C=O) groups is 1. The van der Waals surface area contributed by atoms with E-state index in [4.69, 9.17) is 15.1 Å². The zero-order valence-electron chi connectivity index (χ0n) is 11.7. The molecule has 0 heterocycles. The average Bonchev–Trinajstić information content (AvgIpc) is 2.45. The zero-order valence-corrected chi connectivity index (χ0v) is 11.7. The third-order valence-electron chi connectivity index (χ3n) is 3.12. The van der Waals surface area contributed by atoms with Crippen LogP contribution >= 0.6 is 0 Å². The second-order valence-corrected chi connectivity index (χ2v) is 4.76. The molecule has 0 saturated carbocycles. The predicted octanol–water partition coefficient (Wildman–Crippen LogP) is 3.07. The molecule has 0 unspecified atom stereocenters. The smallest absolute Gasteiger partial charge is 0.307 e. The lowest BCUT2D eigenvalue weighted by Crippen LogP contribution is -2.01. The molecule has 0 radical (unpaired) electrons. The summed E-state index contributed by atoms with van der Waals surface area (Å²) >= 11 is 0. The molecule has 0 aromatic heterocycles. The molecule has 0 fully saturated rings. The van der Waals surface area contributed by atoms with E-state index in [9.17, 15) is 4.79 Å². The molecule has 2 aromatic rings. The minimum Gasteiger partial charge on any atom is -0.489 e. The molecule has 4 nitrogen and oxygen atoms in total. The number of nitriles is 1. The highest BCUT2D eigenvalue weighted by atomic mass is 16.5. The van der Waals surface area contributed by atoms with E-state index in [-0.39, 0.29) is 6.42 Å². The van der Waals surface area contributed by atoms with Crippen LogP contribution in [0.3, 0.4) is 0 Å². The highest BCUT2D eigenvalue weighted by molar-refractivity contribution is 5.70. The Kier molecular flexibility index (Phi) is 4.57. The van der Waals surface area contributed by atoms with Crippen LogP contribution in [0.15, 0.2) is 42.5 Å². The second-order valence-electron chi connectivity index (χ2n) is 4.76. The van der Waals surface area contributed by atoms with Gasteiger partial charge in [-0.1, -0.05) is 18.2 Å². The first-order chi connectivity index (χ1) is 10.1. The van der Waals surface area contributed by atoms with Gasteiger partial charge in [-0.3, -0.25) is 4.79 Å². The van der Waals surface area contributed by atoms with Gasteiger partial charge in [0.2, 0.25) is 0 Å². The third-order valence-corrected chi connectivity index (χ3v) is 3.12. The van der Waals surface area contributed by atoms with Crippen molar-refractivity contribution in [2.45, 2.75) is 20.0 Å². The number of hydrogen-bond acceptors (Lipinski definition) is 3. The van der Waals surface area contributed by atoms with Crippen molar-refractivity contribution in [3.8, 4) is 11.8 Å². The first-order valence-electron chi connectivity index (χ1n) is 6.51. The van der Waals surface area contributed by atoms with E-state index in [0.717, 1.165) is 11.1 Å². The number of benzene rings is 2. The lowest BCUT2D eigenvalue weighted by atomic mass is 10.1. The van der Waals surface area contributed by atoms with E-state index >= 15 is 0 Å². The van der Waals surface area contributed by atoms with Gasteiger partial charge >= 0.3 is 5.97 Å². The van der Waals surface area contributed by atoms with Crippen LogP contribution < -0.4 is 4.74 Å². The van der Waals surface area contributed by atoms with Gasteiger partial charge in [0.05, 0.1) is 18.1 Å². The molecule has 0 atom stereocenters. The van der Waals surface area contributed by atoms with Gasteiger partial charge in [-0.15, -0.1) is 0 Å². The molecule has 2 aromatic carbocycles. The zero-order chi connectivity index (χ0) is 15.2. The van der Waals surface area contributed by atoms with E-state index in [2.05, 4.69) is 6.07 Å². The standard InChI is InChI=1S/C17H15NO3/c1-12-7-14(10-18)5-6-15(12)11-21-16-4-2-3-13(8-16)9-17(19)20/h2-8H,9,11H2,1H3,(H,19,20). The second kappa shape index (κ2) is 6.58. The Morgan fingerprint density at radius 2 is 2.10 bits per heavy atom. The summed E-state index contributed by atoms with van der Waals surface area (Å²) < 4.78 is 5.69. The lowest BCUT2D eigenvalue weighted by molar-refractivity contribution is -0.136. The van der Waals surface area contributed by atoms with Crippen LogP contribution in [0.5, 0.6) is 5.75 Å². The van der Waals surface area contributed by atoms with Gasteiger partial charge in [-0.25, -0.2) is 0 Å². The fraction of sp³-hybridized carbons (Fsp3) is 0.176. The Hall–Kier alpha value is -2.80. The van der Waals surface area contributed by atoms with E-state index in [1.54, 1.807) is 30.3 Å². The van der Waals surface area contributed by atoms with Crippen molar-refractivity contribution in [3.63, 3.8) is 0 Å². The van der Waals surface area contributed by atoms with Gasteiger partial charge in [0.25, 0.3) is 0 Å². The summed E-state index contributed by atoms with van der Waals surface area (Å²) in [4.78, 5) is 10.7. The quantitative estimate of drug-likeness (QED) is 0.914. The molecule has 0 saturated heterocycles. The van der Waals surface area contributed by atoms with Crippen molar-refractivity contribution in [3.05, 3.63) is 64.7 Å². The van der Waals surface area contributed by atoms with Crippen molar-refractivity contribution >= 4 is 5.97 Å². The molecule has 0 aliphatic rings. The van der Waals surface area contributed by atoms with Gasteiger partial charge in [0, 0.05) is 0 Å². The predicted molar refractivity (Wildman–Crippen MR) is 78.0 cm³/mol. The normalized spacial score (nSPS) is 9.90. The molecular weight excluding hydrogens is 266 g/mol. The first kappa shape index (κ1) is 14.6. The number of ether oxygens (including phenoxy) is 1. The van der Waals surface area contributed by atoms with Crippen LogP contribution in [0, 0.1) is 18.3 Å². The summed E-state index contributed by atoms with van der Waals surface area (Å²) in [6.45, 7) is 2.31. The molecule has 4 heteroatoms. The van der Waals surface area contributed by atoms with Crippen molar-refractivity contribution in [2.24, 2.45) is 0 Å². The Morgan fingerprint density at radius 1 is 1.29 bits per heavy atom. The molecule has 1 N–H and O–H groups in total. The number of nitrogens with zero attached hydrogens (tertiary/aromatic N) is 1. The topological polar surface area (TPSA) is 70.3 Å². The summed E-state index contributed by atoms with van der Waals surface area (Å²) in [5.74, 6) is -0.229. The minimum atomic E-state index is -0.866. The minimum absolute atomic E-state index is 0.0207. The molecule has 0 bridgehead atoms. The summed E-state index contributed by atoms with van der Waals surface area (Å²) in [6.07, 6.45) is -0.0207. The maximum atomic E-state index is 10.7. The van der Waals surface area contributed by atoms with E-state index in [1.807, 2.05) is 19.1 Å². The fourth-order valence-corrected chi connectivity index (χ4v) is 2.01. The molecule has 0 spiro atoms. The van der Waals surface area contributed by atoms with Crippen molar-refractivity contribution in [1.29, 1.82) is 5.26 Å². The van der Waals surface area contributed by atoms with Crippen LogP contribution in [0.2, 0.25) is 0 Å². The number of rotatable bonds is 5. The lowest BCUT2D eigenvalue weighted by Gasteiger charge is -2.10. The first-order valence-corrected chi connectivity index (χ1v) is 6.51. The van der Waals surface area contributed by atoms with Crippen molar-refractivity contribution < 1.29 is 14.6 Å². The van der Waals surface area contributed by atoms with Crippen LogP contribution in [-0.4, -0.2) is 11.1 Å². The summed E-state index contributed by atoms with van der Waals surface area (Å²) in [6, 6.07) is 14.6. The van der Waals surface area contributed by atoms with E-state index in [1.165, 1.54) is 0 Å². The number of aliphatic carboxylic acids is 1. The third kappa shape index (κ3) is 4.08. The molecule has 2 rings (SSSR count). The Labute approximate surface area is 123 Å². The molecule has 0 amide bonds. The van der Waals surface area contributed by atoms with Crippen LogP contribution in [0.25, 0.3) is 0 Å². The monoisotopic (exact) mass is 281 g/mol. The molecule has 0 aliphatic carbocycles. The Morgan fingerprint density at radius 3 is 2.76 bits per heavy atom. The summed E-state index contributed by atoms with van der Waals surface area (Å²) in [5.41, 5.74) is 3.32. The molecular formula is C17H15NO3. The number of hydrogen-bond donors (Lipinski definition) is 1. The van der Waals surface area contributed by atoms with Crippen molar-refractivity contribution in [1.82, 2.24) is 0 Å². The molecule has 21 heavy (non-hydrogen) atoms. The average molecular weight is 281 g/mol. The molecule has 106 valence electrons. The fourth-order valence-electron chi connectivity index (χ4n) is 2.01. The summed E-state index contributed by atoms with van der Waals surface area (Å²) in [7, 11) is 0. The van der Waals surface area contributed by atoms with Gasteiger partial charge in [0.15, 0.2) is 0 Å². The van der Waals surface area contributed by atoms with E-state index < -0.39 is 5.97 Å². The van der Waals surface area contributed by atoms with Crippen molar-refractivity contribution in [2.75, 3.05) is 0 Å². The van der Waals surface area contributed by atoms with Gasteiger partial charge < -0.3 is 9.84 Å². The SMILES string of the molecule is Cc1cc(C#N)ccc1COc1cccc(CC(=O)O)c1. The molecule has 0 aliphatic heterocycles. The highest BCUT2D eigenvalue weighted by Gasteiger charge is 2.04. The van der Waals surface area contributed by atoms with Gasteiger partial charge in [0.1, 0.15) is 12.4 Å². The largest absolute Gasteiger partial charge is 0.489 e. The summed E-state index contributed by atoms with van der Waals surface area (Å²) in [5, 5.41) is 17.6. The maximum Gasteiger partial charge on any atom is 0.307 e. The Balaban J connectivity index is 2.06. The number of aryl methyl sites for hydroxylation is 1.